The second kappa shape index (κ2) is 12.7. The molecular weight excluding hydrogens is 473 g/mol. The Balaban J connectivity index is 2.36. The number of rotatable bonds is 12. The average Bonchev–Trinajstić information content (AvgIpc) is 2.77. The van der Waals surface area contributed by atoms with Gasteiger partial charge in [0.2, 0.25) is 0 Å². The van der Waals surface area contributed by atoms with Gasteiger partial charge in [-0.15, -0.1) is 0 Å². The zero-order valence-electron chi connectivity index (χ0n) is 20.8. The third-order valence-electron chi connectivity index (χ3n) is 4.58. The van der Waals surface area contributed by atoms with E-state index in [1.54, 1.807) is 52.8 Å². The quantitative estimate of drug-likeness (QED) is 0.398. The third kappa shape index (κ3) is 9.02. The van der Waals surface area contributed by atoms with Crippen LogP contribution in [0, 0.1) is 0 Å². The summed E-state index contributed by atoms with van der Waals surface area (Å²) in [5.74, 6) is -0.936. The molecule has 9 nitrogen and oxygen atoms in total. The predicted molar refractivity (Wildman–Crippen MR) is 132 cm³/mol. The van der Waals surface area contributed by atoms with E-state index in [1.165, 1.54) is 0 Å². The van der Waals surface area contributed by atoms with Gasteiger partial charge in [0.15, 0.2) is 0 Å². The van der Waals surface area contributed by atoms with Gasteiger partial charge in [-0.1, -0.05) is 36.4 Å². The van der Waals surface area contributed by atoms with Crippen LogP contribution < -0.4 is 15.4 Å². The van der Waals surface area contributed by atoms with Gasteiger partial charge in [-0.3, -0.25) is 4.57 Å². The van der Waals surface area contributed by atoms with Crippen LogP contribution in [0.4, 0.5) is 4.79 Å². The molecule has 1 unspecified atom stereocenters. The first-order chi connectivity index (χ1) is 16.5. The van der Waals surface area contributed by atoms with Gasteiger partial charge >= 0.3 is 19.7 Å². The first kappa shape index (κ1) is 28.4. The normalized spacial score (nSPS) is 12.6. The molecule has 0 aliphatic carbocycles. The topological polar surface area (TPSA) is 120 Å². The van der Waals surface area contributed by atoms with Crippen LogP contribution in [-0.2, 0) is 36.2 Å². The Morgan fingerprint density at radius 2 is 1.63 bits per heavy atom. The molecule has 0 fully saturated rings. The Labute approximate surface area is 206 Å². The van der Waals surface area contributed by atoms with Crippen molar-refractivity contribution in [3.8, 4) is 5.75 Å². The molecule has 0 saturated heterocycles. The van der Waals surface area contributed by atoms with E-state index in [4.69, 9.17) is 18.5 Å². The molecule has 0 radical (unpaired) electrons. The lowest BCUT2D eigenvalue weighted by atomic mass is 10.1. The van der Waals surface area contributed by atoms with E-state index in [0.29, 0.717) is 11.3 Å². The maximum atomic E-state index is 13.6. The SMILES string of the molecule is CCOP(=O)(OCC)c1cc(CC(NC(=O)OC(C)(C)C)C(=O)O)ccc1OCc1ccccc1. The Hall–Kier alpha value is -2.87. The van der Waals surface area contributed by atoms with Gasteiger partial charge in [0.25, 0.3) is 0 Å². The Morgan fingerprint density at radius 3 is 2.17 bits per heavy atom. The van der Waals surface area contributed by atoms with Gasteiger partial charge in [0.05, 0.1) is 13.2 Å². The summed E-state index contributed by atoms with van der Waals surface area (Å²) in [5.41, 5.74) is 0.632. The van der Waals surface area contributed by atoms with E-state index in [-0.39, 0.29) is 31.5 Å². The molecule has 192 valence electrons. The number of aliphatic carboxylic acids is 1. The van der Waals surface area contributed by atoms with Gasteiger partial charge in [-0.2, -0.15) is 0 Å². The number of carboxylic acid groups (broad SMARTS) is 1. The molecule has 0 saturated carbocycles. The lowest BCUT2D eigenvalue weighted by Crippen LogP contribution is -2.44. The molecule has 0 spiro atoms. The maximum absolute atomic E-state index is 13.6. The summed E-state index contributed by atoms with van der Waals surface area (Å²) >= 11 is 0. The number of hydrogen-bond donors (Lipinski definition) is 2. The molecule has 35 heavy (non-hydrogen) atoms. The average molecular weight is 508 g/mol. The first-order valence-corrected chi connectivity index (χ1v) is 12.9. The van der Waals surface area contributed by atoms with Crippen molar-refractivity contribution in [2.75, 3.05) is 13.2 Å². The van der Waals surface area contributed by atoms with Gasteiger partial charge in [-0.25, -0.2) is 9.59 Å². The number of alkyl carbamates (subject to hydrolysis) is 1. The fraction of sp³-hybridized carbons (Fsp3) is 0.440. The van der Waals surface area contributed by atoms with Crippen LogP contribution in [0.2, 0.25) is 0 Å². The number of carbonyl (C=O) groups is 2. The minimum atomic E-state index is -3.76. The summed E-state index contributed by atoms with van der Waals surface area (Å²) in [6.07, 6.45) is -0.930. The number of hydrogen-bond acceptors (Lipinski definition) is 7. The second-order valence-corrected chi connectivity index (χ2v) is 10.6. The number of carbonyl (C=O) groups excluding carboxylic acids is 1. The minimum Gasteiger partial charge on any atom is -0.488 e. The van der Waals surface area contributed by atoms with Crippen molar-refractivity contribution in [2.24, 2.45) is 0 Å². The summed E-state index contributed by atoms with van der Waals surface area (Å²) < 4.78 is 35.8. The number of amides is 1. The summed E-state index contributed by atoms with van der Waals surface area (Å²) in [6, 6.07) is 13.0. The van der Waals surface area contributed by atoms with Crippen molar-refractivity contribution in [2.45, 2.75) is 59.3 Å². The molecule has 2 N–H and O–H groups in total. The fourth-order valence-corrected chi connectivity index (χ4v) is 4.93. The molecule has 2 aromatic carbocycles. The summed E-state index contributed by atoms with van der Waals surface area (Å²) in [5, 5.41) is 12.2. The summed E-state index contributed by atoms with van der Waals surface area (Å²) in [4.78, 5) is 24.0. The molecule has 2 rings (SSSR count). The van der Waals surface area contributed by atoms with Crippen molar-refractivity contribution in [3.05, 3.63) is 59.7 Å². The molecule has 2 aromatic rings. The van der Waals surface area contributed by atoms with Crippen molar-refractivity contribution < 1.29 is 37.8 Å². The molecular formula is C25H34NO8P. The molecule has 1 atom stereocenters. The van der Waals surface area contributed by atoms with E-state index >= 15 is 0 Å². The standard InChI is InChI=1S/C25H34NO8P/c1-6-32-35(30,33-7-2)22-16-19(13-14-21(22)31-17-18-11-9-8-10-12-18)15-20(23(27)28)26-24(29)34-25(3,4)5/h8-14,16,20H,6-7,15,17H2,1-5H3,(H,26,29)(H,27,28). The van der Waals surface area contributed by atoms with Gasteiger partial charge in [0, 0.05) is 6.42 Å². The molecule has 0 aliphatic rings. The van der Waals surface area contributed by atoms with Crippen LogP contribution in [0.1, 0.15) is 45.7 Å². The van der Waals surface area contributed by atoms with Gasteiger partial charge in [0.1, 0.15) is 29.3 Å². The zero-order chi connectivity index (χ0) is 26.1. The summed E-state index contributed by atoms with van der Waals surface area (Å²) in [7, 11) is -3.76. The van der Waals surface area contributed by atoms with Crippen LogP contribution in [0.3, 0.4) is 0 Å². The lowest BCUT2D eigenvalue weighted by Gasteiger charge is -2.23. The monoisotopic (exact) mass is 507 g/mol. The van der Waals surface area contributed by atoms with Crippen LogP contribution in [0.15, 0.2) is 48.5 Å². The number of ether oxygens (including phenoxy) is 2. The molecule has 10 heteroatoms. The van der Waals surface area contributed by atoms with Crippen LogP contribution in [-0.4, -0.2) is 42.0 Å². The van der Waals surface area contributed by atoms with Crippen molar-refractivity contribution >= 4 is 25.0 Å². The Bertz CT molecular complexity index is 1030. The largest absolute Gasteiger partial charge is 0.488 e. The van der Waals surface area contributed by atoms with E-state index in [2.05, 4.69) is 5.32 Å². The Morgan fingerprint density at radius 1 is 1.00 bits per heavy atom. The highest BCUT2D eigenvalue weighted by atomic mass is 31.2. The molecule has 0 bridgehead atoms. The highest BCUT2D eigenvalue weighted by Gasteiger charge is 2.32. The van der Waals surface area contributed by atoms with Crippen molar-refractivity contribution in [1.29, 1.82) is 0 Å². The fourth-order valence-electron chi connectivity index (χ4n) is 3.16. The van der Waals surface area contributed by atoms with Gasteiger partial charge in [-0.05, 0) is 57.9 Å². The van der Waals surface area contributed by atoms with E-state index in [1.807, 2.05) is 30.3 Å². The molecule has 0 aliphatic heterocycles. The van der Waals surface area contributed by atoms with E-state index < -0.39 is 31.3 Å². The predicted octanol–water partition coefficient (Wildman–Crippen LogP) is 4.68. The highest BCUT2D eigenvalue weighted by Crippen LogP contribution is 2.49. The van der Waals surface area contributed by atoms with Crippen LogP contribution in [0.25, 0.3) is 0 Å². The number of carboxylic acids is 1. The van der Waals surface area contributed by atoms with Gasteiger partial charge < -0.3 is 28.9 Å². The molecule has 0 aromatic heterocycles. The Kier molecular flexibility index (Phi) is 10.3. The molecule has 0 heterocycles. The third-order valence-corrected chi connectivity index (χ3v) is 6.72. The number of benzene rings is 2. The van der Waals surface area contributed by atoms with Crippen molar-refractivity contribution in [1.82, 2.24) is 5.32 Å². The lowest BCUT2D eigenvalue weighted by molar-refractivity contribution is -0.139. The zero-order valence-corrected chi connectivity index (χ0v) is 21.7. The number of nitrogens with one attached hydrogen (secondary N) is 1. The summed E-state index contributed by atoms with van der Waals surface area (Å²) in [6.45, 7) is 8.94. The van der Waals surface area contributed by atoms with Crippen molar-refractivity contribution in [3.63, 3.8) is 0 Å². The first-order valence-electron chi connectivity index (χ1n) is 11.4. The maximum Gasteiger partial charge on any atom is 0.408 e. The smallest absolute Gasteiger partial charge is 0.408 e. The second-order valence-electron chi connectivity index (χ2n) is 8.65. The van der Waals surface area contributed by atoms with E-state index in [0.717, 1.165) is 5.56 Å². The van der Waals surface area contributed by atoms with Crippen LogP contribution in [0.5, 0.6) is 5.75 Å². The highest BCUT2D eigenvalue weighted by molar-refractivity contribution is 7.62. The minimum absolute atomic E-state index is 0.0845. The molecule has 1 amide bonds. The van der Waals surface area contributed by atoms with Crippen LogP contribution >= 0.6 is 7.60 Å². The van der Waals surface area contributed by atoms with E-state index in [9.17, 15) is 19.3 Å².